The molecule has 0 spiro atoms. The summed E-state index contributed by atoms with van der Waals surface area (Å²) in [5.41, 5.74) is 4.87. The number of fused-ring (bicyclic) bond motifs is 2. The fourth-order valence-electron chi connectivity index (χ4n) is 3.53. The van der Waals surface area contributed by atoms with E-state index < -0.39 is 5.60 Å². The fraction of sp³-hybridized carbons (Fsp3) is 1.00. The van der Waals surface area contributed by atoms with Crippen molar-refractivity contribution in [1.29, 1.82) is 0 Å². The van der Waals surface area contributed by atoms with Crippen molar-refractivity contribution in [3.8, 4) is 0 Å². The zero-order valence-corrected chi connectivity index (χ0v) is 12.6. The van der Waals surface area contributed by atoms with Crippen LogP contribution >= 0.6 is 0 Å². The molecule has 3 unspecified atom stereocenters. The summed E-state index contributed by atoms with van der Waals surface area (Å²) in [5.74, 6) is 0. The van der Waals surface area contributed by atoms with Gasteiger partial charge < -0.3 is 15.7 Å². The van der Waals surface area contributed by atoms with Crippen LogP contribution in [0.25, 0.3) is 0 Å². The number of nitrogens with zero attached hydrogens (tertiary/aromatic N) is 2. The maximum atomic E-state index is 9.88. The average molecular weight is 269 g/mol. The number of likely N-dealkylation sites (N-methyl/N-ethyl adjacent to an activating group) is 1. The Labute approximate surface area is 117 Å². The third kappa shape index (κ3) is 4.15. The van der Waals surface area contributed by atoms with Gasteiger partial charge in [-0.15, -0.1) is 0 Å². The highest BCUT2D eigenvalue weighted by Gasteiger charge is 2.34. The van der Waals surface area contributed by atoms with Gasteiger partial charge >= 0.3 is 0 Å². The van der Waals surface area contributed by atoms with Gasteiger partial charge in [0.05, 0.1) is 5.60 Å². The first-order valence-electron chi connectivity index (χ1n) is 7.88. The molecular formula is C15H31N3O. The number of hydrogen-bond donors (Lipinski definition) is 2. The summed E-state index contributed by atoms with van der Waals surface area (Å²) >= 11 is 0. The molecule has 2 heterocycles. The van der Waals surface area contributed by atoms with E-state index in [1.807, 2.05) is 6.92 Å². The molecule has 19 heavy (non-hydrogen) atoms. The van der Waals surface area contributed by atoms with Gasteiger partial charge in [0.25, 0.3) is 0 Å². The second-order valence-corrected chi connectivity index (χ2v) is 6.80. The van der Waals surface area contributed by atoms with E-state index in [1.165, 1.54) is 45.3 Å². The third-order valence-electron chi connectivity index (χ3n) is 5.11. The summed E-state index contributed by atoms with van der Waals surface area (Å²) in [5, 5.41) is 9.88. The molecule has 2 rings (SSSR count). The molecule has 4 nitrogen and oxygen atoms in total. The zero-order chi connectivity index (χ0) is 13.9. The van der Waals surface area contributed by atoms with E-state index in [0.717, 1.165) is 24.9 Å². The number of unbranched alkanes of at least 4 members (excludes halogenated alkanes) is 1. The van der Waals surface area contributed by atoms with Crippen LogP contribution in [0.15, 0.2) is 0 Å². The molecule has 4 heteroatoms. The summed E-state index contributed by atoms with van der Waals surface area (Å²) in [7, 11) is 2.30. The standard InChI is InChI=1S/C15H31N3O/c1-15(19,12-16)8-3-4-9-18-10-7-13-5-6-14(11-18)17(13)2/h13-14,19H,3-12,16H2,1-2H3. The predicted molar refractivity (Wildman–Crippen MR) is 79.2 cm³/mol. The lowest BCUT2D eigenvalue weighted by molar-refractivity contribution is 0.0562. The summed E-state index contributed by atoms with van der Waals surface area (Å²) in [6.07, 6.45) is 7.17. The molecule has 2 saturated heterocycles. The van der Waals surface area contributed by atoms with Crippen molar-refractivity contribution in [3.05, 3.63) is 0 Å². The highest BCUT2D eigenvalue weighted by atomic mass is 16.3. The molecule has 2 fully saturated rings. The molecule has 3 N–H and O–H groups in total. The van der Waals surface area contributed by atoms with Gasteiger partial charge in [0, 0.05) is 25.2 Å². The quantitative estimate of drug-likeness (QED) is 0.707. The van der Waals surface area contributed by atoms with Crippen LogP contribution in [0, 0.1) is 0 Å². The van der Waals surface area contributed by atoms with E-state index in [0.29, 0.717) is 6.54 Å². The van der Waals surface area contributed by atoms with Crippen LogP contribution in [0.4, 0.5) is 0 Å². The minimum atomic E-state index is -0.669. The Balaban J connectivity index is 1.67. The Morgan fingerprint density at radius 2 is 1.95 bits per heavy atom. The molecule has 0 radical (unpaired) electrons. The van der Waals surface area contributed by atoms with Crippen molar-refractivity contribution >= 4 is 0 Å². The minimum Gasteiger partial charge on any atom is -0.389 e. The summed E-state index contributed by atoms with van der Waals surface area (Å²) < 4.78 is 0. The number of rotatable bonds is 6. The Bertz CT molecular complexity index is 283. The molecule has 2 aliphatic heterocycles. The van der Waals surface area contributed by atoms with Gasteiger partial charge in [0.1, 0.15) is 0 Å². The van der Waals surface area contributed by atoms with Gasteiger partial charge in [-0.05, 0) is 65.6 Å². The van der Waals surface area contributed by atoms with Gasteiger partial charge in [-0.3, -0.25) is 4.90 Å². The SMILES string of the molecule is CN1C2CCC1CN(CCCCC(C)(O)CN)CC2. The van der Waals surface area contributed by atoms with E-state index in [9.17, 15) is 5.11 Å². The van der Waals surface area contributed by atoms with Crippen LogP contribution in [0.2, 0.25) is 0 Å². The highest BCUT2D eigenvalue weighted by Crippen LogP contribution is 2.28. The number of aliphatic hydroxyl groups is 1. The number of hydrogen-bond acceptors (Lipinski definition) is 4. The van der Waals surface area contributed by atoms with E-state index >= 15 is 0 Å². The maximum Gasteiger partial charge on any atom is 0.0741 e. The van der Waals surface area contributed by atoms with Crippen LogP contribution in [0.5, 0.6) is 0 Å². The van der Waals surface area contributed by atoms with Crippen molar-refractivity contribution in [2.75, 3.05) is 33.2 Å². The topological polar surface area (TPSA) is 52.7 Å². The molecule has 112 valence electrons. The minimum absolute atomic E-state index is 0.366. The van der Waals surface area contributed by atoms with E-state index in [4.69, 9.17) is 5.73 Å². The average Bonchev–Trinajstić information content (AvgIpc) is 2.61. The Kier molecular flexibility index (Phi) is 5.23. The Morgan fingerprint density at radius 3 is 2.68 bits per heavy atom. The monoisotopic (exact) mass is 269 g/mol. The maximum absolute atomic E-state index is 9.88. The number of likely N-dealkylation sites (tertiary alicyclic amines) is 1. The highest BCUT2D eigenvalue weighted by molar-refractivity contribution is 4.90. The van der Waals surface area contributed by atoms with Crippen molar-refractivity contribution in [1.82, 2.24) is 9.80 Å². The zero-order valence-electron chi connectivity index (χ0n) is 12.6. The molecule has 2 bridgehead atoms. The molecule has 0 aromatic heterocycles. The first kappa shape index (κ1) is 15.2. The van der Waals surface area contributed by atoms with Crippen molar-refractivity contribution in [3.63, 3.8) is 0 Å². The lowest BCUT2D eigenvalue weighted by Crippen LogP contribution is -2.37. The van der Waals surface area contributed by atoms with Gasteiger partial charge in [-0.2, -0.15) is 0 Å². The summed E-state index contributed by atoms with van der Waals surface area (Å²) in [6, 6.07) is 1.60. The largest absolute Gasteiger partial charge is 0.389 e. The van der Waals surface area contributed by atoms with Crippen LogP contribution in [-0.2, 0) is 0 Å². The summed E-state index contributed by atoms with van der Waals surface area (Å²) in [6.45, 7) is 5.87. The normalized spacial score (nSPS) is 32.2. The third-order valence-corrected chi connectivity index (χ3v) is 5.11. The molecule has 0 saturated carbocycles. The predicted octanol–water partition coefficient (Wildman–Crippen LogP) is 1.03. The molecule has 0 aromatic rings. The van der Waals surface area contributed by atoms with E-state index in [2.05, 4.69) is 16.8 Å². The lowest BCUT2D eigenvalue weighted by atomic mass is 9.99. The lowest BCUT2D eigenvalue weighted by Gasteiger charge is -2.26. The van der Waals surface area contributed by atoms with Crippen molar-refractivity contribution in [2.24, 2.45) is 5.73 Å². The van der Waals surface area contributed by atoms with Gasteiger partial charge in [-0.1, -0.05) is 0 Å². The first-order chi connectivity index (χ1) is 9.02. The second-order valence-electron chi connectivity index (χ2n) is 6.80. The molecule has 0 amide bonds. The van der Waals surface area contributed by atoms with Crippen molar-refractivity contribution < 1.29 is 5.11 Å². The van der Waals surface area contributed by atoms with Crippen LogP contribution < -0.4 is 5.73 Å². The summed E-state index contributed by atoms with van der Waals surface area (Å²) in [4.78, 5) is 5.22. The fourth-order valence-corrected chi connectivity index (χ4v) is 3.53. The molecular weight excluding hydrogens is 238 g/mol. The van der Waals surface area contributed by atoms with Crippen molar-refractivity contribution in [2.45, 2.75) is 63.1 Å². The Hall–Kier alpha value is -0.160. The Morgan fingerprint density at radius 1 is 1.21 bits per heavy atom. The smallest absolute Gasteiger partial charge is 0.0741 e. The number of nitrogens with two attached hydrogens (primary N) is 1. The first-order valence-corrected chi connectivity index (χ1v) is 7.88. The van der Waals surface area contributed by atoms with Crippen LogP contribution in [0.1, 0.15) is 45.4 Å². The van der Waals surface area contributed by atoms with Crippen LogP contribution in [0.3, 0.4) is 0 Å². The van der Waals surface area contributed by atoms with E-state index in [1.54, 1.807) is 0 Å². The molecule has 0 aliphatic carbocycles. The van der Waals surface area contributed by atoms with Crippen LogP contribution in [-0.4, -0.2) is 65.8 Å². The van der Waals surface area contributed by atoms with Gasteiger partial charge in [-0.25, -0.2) is 0 Å². The second kappa shape index (κ2) is 6.53. The molecule has 0 aromatic carbocycles. The molecule has 3 atom stereocenters. The molecule has 2 aliphatic rings. The van der Waals surface area contributed by atoms with E-state index in [-0.39, 0.29) is 0 Å². The van der Waals surface area contributed by atoms with Gasteiger partial charge in [0.15, 0.2) is 0 Å². The van der Waals surface area contributed by atoms with Gasteiger partial charge in [0.2, 0.25) is 0 Å².